The Labute approximate surface area is 48.3 Å². The van der Waals surface area contributed by atoms with E-state index < -0.39 is 0 Å². The molecule has 0 spiro atoms. The van der Waals surface area contributed by atoms with Gasteiger partial charge in [0.2, 0.25) is 0 Å². The third kappa shape index (κ3) is 0.907. The van der Waals surface area contributed by atoms with Crippen LogP contribution in [0.2, 0.25) is 0 Å². The van der Waals surface area contributed by atoms with E-state index in [4.69, 9.17) is 5.73 Å². The van der Waals surface area contributed by atoms with E-state index in [0.717, 1.165) is 5.70 Å². The summed E-state index contributed by atoms with van der Waals surface area (Å²) in [6, 6.07) is 0. The van der Waals surface area contributed by atoms with Gasteiger partial charge in [-0.25, -0.2) is 0 Å². The smallest absolute Gasteiger partial charge is 0.0589 e. The summed E-state index contributed by atoms with van der Waals surface area (Å²) in [4.78, 5) is 0. The van der Waals surface area contributed by atoms with Gasteiger partial charge in [-0.05, 0) is 0 Å². The molecule has 0 aliphatic carbocycles. The number of hydrogen-bond donors (Lipinski definition) is 3. The van der Waals surface area contributed by atoms with E-state index in [2.05, 4.69) is 11.0 Å². The van der Waals surface area contributed by atoms with Gasteiger partial charge in [0.05, 0.1) is 5.70 Å². The quantitative estimate of drug-likeness (QED) is 0.398. The van der Waals surface area contributed by atoms with Gasteiger partial charge < -0.3 is 11.2 Å². The molecule has 0 fully saturated rings. The van der Waals surface area contributed by atoms with Crippen LogP contribution in [-0.2, 0) is 0 Å². The molecule has 4 nitrogen and oxygen atoms in total. The van der Waals surface area contributed by atoms with Crippen LogP contribution in [-0.4, -0.2) is 18.6 Å². The zero-order valence-corrected chi connectivity index (χ0v) is 4.81. The van der Waals surface area contributed by atoms with Crippen LogP contribution in [0.25, 0.3) is 0 Å². The lowest BCUT2D eigenvalue weighted by molar-refractivity contribution is 0.327. The van der Waals surface area contributed by atoms with E-state index in [1.54, 1.807) is 0 Å². The Morgan fingerprint density at radius 3 is 2.88 bits per heavy atom. The van der Waals surface area contributed by atoms with E-state index in [9.17, 15) is 0 Å². The lowest BCUT2D eigenvalue weighted by Gasteiger charge is -2.04. The number of hydrogen-bond acceptors (Lipinski definition) is 4. The Kier molecular flexibility index (Phi) is 1.36. The monoisotopic (exact) mass is 114 g/mol. The van der Waals surface area contributed by atoms with Crippen LogP contribution >= 0.6 is 0 Å². The summed E-state index contributed by atoms with van der Waals surface area (Å²) in [5.41, 5.74) is 12.0. The number of rotatable bonds is 1. The van der Waals surface area contributed by atoms with Crippen molar-refractivity contribution in [2.75, 3.05) is 13.6 Å². The van der Waals surface area contributed by atoms with Gasteiger partial charge >= 0.3 is 0 Å². The highest BCUT2D eigenvalue weighted by atomic mass is 15.7. The maximum atomic E-state index is 5.30. The minimum Gasteiger partial charge on any atom is -0.325 e. The Bertz CT molecular complexity index is 109. The molecular formula is C4H10N4. The van der Waals surface area contributed by atoms with Gasteiger partial charge in [0, 0.05) is 19.8 Å². The second kappa shape index (κ2) is 2.02. The van der Waals surface area contributed by atoms with Crippen LogP contribution in [0.3, 0.4) is 0 Å². The fourth-order valence-corrected chi connectivity index (χ4v) is 0.562. The molecule has 1 aliphatic heterocycles. The molecule has 46 valence electrons. The van der Waals surface area contributed by atoms with Crippen molar-refractivity contribution in [2.24, 2.45) is 5.73 Å². The summed E-state index contributed by atoms with van der Waals surface area (Å²) in [6.45, 7) is 0.553. The van der Waals surface area contributed by atoms with Crippen molar-refractivity contribution in [3.8, 4) is 0 Å². The number of nitrogens with two attached hydrogens (primary N) is 1. The highest BCUT2D eigenvalue weighted by Crippen LogP contribution is 1.91. The first kappa shape index (κ1) is 5.40. The van der Waals surface area contributed by atoms with Gasteiger partial charge in [-0.2, -0.15) is 0 Å². The minimum atomic E-state index is 0.553. The summed E-state index contributed by atoms with van der Waals surface area (Å²) in [6.07, 6.45) is 1.90. The molecule has 1 aliphatic rings. The summed E-state index contributed by atoms with van der Waals surface area (Å²) >= 11 is 0. The second-order valence-electron chi connectivity index (χ2n) is 1.71. The molecule has 0 aromatic carbocycles. The summed E-state index contributed by atoms with van der Waals surface area (Å²) in [5, 5.41) is 1.81. The molecule has 0 unspecified atom stereocenters. The van der Waals surface area contributed by atoms with Crippen LogP contribution in [0, 0.1) is 0 Å². The van der Waals surface area contributed by atoms with E-state index in [1.165, 1.54) is 0 Å². The Hall–Kier alpha value is -0.740. The molecule has 0 saturated heterocycles. The lowest BCUT2D eigenvalue weighted by atomic mass is 10.5. The van der Waals surface area contributed by atoms with E-state index in [0.29, 0.717) is 6.54 Å². The summed E-state index contributed by atoms with van der Waals surface area (Å²) in [5.74, 6) is 0. The molecule has 0 radical (unpaired) electrons. The predicted octanol–water partition coefficient (Wildman–Crippen LogP) is -1.26. The first-order valence-electron chi connectivity index (χ1n) is 2.48. The van der Waals surface area contributed by atoms with Crippen LogP contribution in [0.15, 0.2) is 11.9 Å². The molecule has 0 saturated carbocycles. The average molecular weight is 114 g/mol. The maximum absolute atomic E-state index is 5.30. The molecule has 0 atom stereocenters. The third-order valence-electron chi connectivity index (χ3n) is 0.962. The zero-order valence-electron chi connectivity index (χ0n) is 4.81. The van der Waals surface area contributed by atoms with Crippen molar-refractivity contribution in [1.29, 1.82) is 0 Å². The zero-order chi connectivity index (χ0) is 5.98. The predicted molar refractivity (Wildman–Crippen MR) is 31.2 cm³/mol. The van der Waals surface area contributed by atoms with Crippen LogP contribution in [0.1, 0.15) is 0 Å². The lowest BCUT2D eigenvalue weighted by Crippen LogP contribution is -2.34. The molecule has 1 heterocycles. The Morgan fingerprint density at radius 1 is 1.88 bits per heavy atom. The molecule has 0 aromatic heterocycles. The van der Waals surface area contributed by atoms with E-state index in [-0.39, 0.29) is 0 Å². The number of hydrazine groups is 2. The largest absolute Gasteiger partial charge is 0.325 e. The normalized spacial score (nSPS) is 18.2. The first-order chi connectivity index (χ1) is 3.83. The summed E-state index contributed by atoms with van der Waals surface area (Å²) in [7, 11) is 1.90. The van der Waals surface area contributed by atoms with Gasteiger partial charge in [-0.3, -0.25) is 5.01 Å². The van der Waals surface area contributed by atoms with Gasteiger partial charge in [-0.15, -0.1) is 5.53 Å². The Balaban J connectivity index is 2.44. The highest BCUT2D eigenvalue weighted by Gasteiger charge is 2.02. The van der Waals surface area contributed by atoms with Crippen molar-refractivity contribution in [1.82, 2.24) is 16.0 Å². The highest BCUT2D eigenvalue weighted by molar-refractivity contribution is 5.01. The molecule has 1 rings (SSSR count). The van der Waals surface area contributed by atoms with Crippen LogP contribution in [0.5, 0.6) is 0 Å². The van der Waals surface area contributed by atoms with Crippen molar-refractivity contribution in [3.05, 3.63) is 11.9 Å². The molecule has 0 bridgehead atoms. The van der Waals surface area contributed by atoms with E-state index >= 15 is 0 Å². The van der Waals surface area contributed by atoms with E-state index in [1.807, 2.05) is 18.3 Å². The van der Waals surface area contributed by atoms with Crippen molar-refractivity contribution >= 4 is 0 Å². The molecule has 8 heavy (non-hydrogen) atoms. The van der Waals surface area contributed by atoms with Gasteiger partial charge in [-0.1, -0.05) is 0 Å². The molecule has 4 heteroatoms. The van der Waals surface area contributed by atoms with Crippen LogP contribution < -0.4 is 16.7 Å². The topological polar surface area (TPSA) is 53.3 Å². The third-order valence-corrected chi connectivity index (χ3v) is 0.962. The molecular weight excluding hydrogens is 104 g/mol. The van der Waals surface area contributed by atoms with Crippen molar-refractivity contribution in [3.63, 3.8) is 0 Å². The summed E-state index contributed by atoms with van der Waals surface area (Å²) < 4.78 is 0. The molecule has 0 aromatic rings. The second-order valence-corrected chi connectivity index (χ2v) is 1.71. The SMILES string of the molecule is CN1C=C(CN)NN1. The Morgan fingerprint density at radius 2 is 2.62 bits per heavy atom. The molecule has 0 amide bonds. The average Bonchev–Trinajstić information content (AvgIpc) is 2.14. The van der Waals surface area contributed by atoms with Crippen molar-refractivity contribution in [2.45, 2.75) is 0 Å². The first-order valence-corrected chi connectivity index (χ1v) is 2.48. The van der Waals surface area contributed by atoms with Gasteiger partial charge in [0.15, 0.2) is 0 Å². The maximum Gasteiger partial charge on any atom is 0.0589 e. The van der Waals surface area contributed by atoms with Gasteiger partial charge in [0.1, 0.15) is 0 Å². The van der Waals surface area contributed by atoms with Crippen LogP contribution in [0.4, 0.5) is 0 Å². The fraction of sp³-hybridized carbons (Fsp3) is 0.500. The number of nitrogens with one attached hydrogen (secondary N) is 2. The molecule has 4 N–H and O–H groups in total. The van der Waals surface area contributed by atoms with Crippen molar-refractivity contribution < 1.29 is 0 Å². The number of nitrogens with zero attached hydrogens (tertiary/aromatic N) is 1. The fourth-order valence-electron chi connectivity index (χ4n) is 0.562. The minimum absolute atomic E-state index is 0.553. The standard InChI is InChI=1S/C4H10N4/c1-8-3-4(2-5)6-7-8/h3,6-7H,2,5H2,1H3. The van der Waals surface area contributed by atoms with Gasteiger partial charge in [0.25, 0.3) is 0 Å².